The van der Waals surface area contributed by atoms with E-state index in [-0.39, 0.29) is 12.1 Å². The van der Waals surface area contributed by atoms with Crippen molar-refractivity contribution in [2.75, 3.05) is 18.1 Å². The first kappa shape index (κ1) is 14.6. The van der Waals surface area contributed by atoms with Crippen molar-refractivity contribution in [1.82, 2.24) is 10.6 Å². The van der Waals surface area contributed by atoms with Crippen molar-refractivity contribution < 1.29 is 4.79 Å². The summed E-state index contributed by atoms with van der Waals surface area (Å²) in [6.07, 6.45) is 3.62. The number of rotatable bonds is 8. The molecule has 0 fully saturated rings. The van der Waals surface area contributed by atoms with E-state index < -0.39 is 0 Å². The smallest absolute Gasteiger partial charge is 0.314 e. The first-order chi connectivity index (χ1) is 7.16. The Hall–Kier alpha value is -0.380. The molecular weight excluding hydrogens is 208 g/mol. The maximum atomic E-state index is 11.2. The van der Waals surface area contributed by atoms with E-state index in [0.29, 0.717) is 0 Å². The van der Waals surface area contributed by atoms with Gasteiger partial charge < -0.3 is 10.6 Å². The van der Waals surface area contributed by atoms with Crippen molar-refractivity contribution in [2.45, 2.75) is 46.1 Å². The van der Waals surface area contributed by atoms with Gasteiger partial charge in [-0.2, -0.15) is 11.8 Å². The number of hydrogen-bond acceptors (Lipinski definition) is 2. The Morgan fingerprint density at radius 3 is 2.53 bits per heavy atom. The van der Waals surface area contributed by atoms with Crippen molar-refractivity contribution >= 4 is 17.8 Å². The fourth-order valence-corrected chi connectivity index (χ4v) is 2.08. The number of carbonyl (C=O) groups is 1. The highest BCUT2D eigenvalue weighted by Gasteiger charge is 2.00. The van der Waals surface area contributed by atoms with Gasteiger partial charge in [0.05, 0.1) is 0 Å². The Labute approximate surface area is 97.8 Å². The number of urea groups is 1. The van der Waals surface area contributed by atoms with Crippen LogP contribution >= 0.6 is 11.8 Å². The van der Waals surface area contributed by atoms with E-state index >= 15 is 0 Å². The van der Waals surface area contributed by atoms with Crippen LogP contribution in [0.15, 0.2) is 0 Å². The predicted octanol–water partition coefficient (Wildman–Crippen LogP) is 2.62. The van der Waals surface area contributed by atoms with Gasteiger partial charge in [0.15, 0.2) is 0 Å². The lowest BCUT2D eigenvalue weighted by Crippen LogP contribution is -2.39. The highest BCUT2D eigenvalue weighted by atomic mass is 32.2. The average Bonchev–Trinajstić information content (AvgIpc) is 2.15. The van der Waals surface area contributed by atoms with Crippen molar-refractivity contribution in [2.24, 2.45) is 0 Å². The predicted molar refractivity (Wildman–Crippen MR) is 68.5 cm³/mol. The molecule has 0 bridgehead atoms. The Balaban J connectivity index is 3.13. The zero-order valence-electron chi connectivity index (χ0n) is 10.1. The third-order valence-corrected chi connectivity index (χ3v) is 2.97. The molecule has 3 nitrogen and oxygen atoms in total. The van der Waals surface area contributed by atoms with Crippen LogP contribution in [0.5, 0.6) is 0 Å². The van der Waals surface area contributed by atoms with Crippen molar-refractivity contribution in [3.63, 3.8) is 0 Å². The first-order valence-electron chi connectivity index (χ1n) is 5.79. The second-order valence-electron chi connectivity index (χ2n) is 3.87. The van der Waals surface area contributed by atoms with E-state index in [2.05, 4.69) is 17.6 Å². The molecule has 0 aliphatic rings. The van der Waals surface area contributed by atoms with E-state index in [4.69, 9.17) is 0 Å². The van der Waals surface area contributed by atoms with Gasteiger partial charge in [-0.15, -0.1) is 0 Å². The minimum absolute atomic E-state index is 0.0523. The molecule has 0 aliphatic heterocycles. The van der Waals surface area contributed by atoms with Crippen LogP contribution in [0.25, 0.3) is 0 Å². The summed E-state index contributed by atoms with van der Waals surface area (Å²) in [6, 6.07) is 0.160. The summed E-state index contributed by atoms with van der Waals surface area (Å²) < 4.78 is 0. The van der Waals surface area contributed by atoms with Crippen molar-refractivity contribution in [1.29, 1.82) is 0 Å². The largest absolute Gasteiger partial charge is 0.338 e. The molecular formula is C11H24N2OS. The zero-order chi connectivity index (χ0) is 11.5. The minimum Gasteiger partial charge on any atom is -0.338 e. The van der Waals surface area contributed by atoms with Crippen LogP contribution in [-0.4, -0.2) is 30.1 Å². The fourth-order valence-electron chi connectivity index (χ4n) is 1.04. The van der Waals surface area contributed by atoms with Gasteiger partial charge in [-0.1, -0.05) is 13.3 Å². The SMILES string of the molecule is CCCCSCCCNC(=O)NC(C)C. The highest BCUT2D eigenvalue weighted by molar-refractivity contribution is 7.99. The maximum Gasteiger partial charge on any atom is 0.314 e. The molecule has 15 heavy (non-hydrogen) atoms. The van der Waals surface area contributed by atoms with Gasteiger partial charge >= 0.3 is 6.03 Å². The molecule has 0 unspecified atom stereocenters. The second-order valence-corrected chi connectivity index (χ2v) is 5.10. The van der Waals surface area contributed by atoms with Gasteiger partial charge in [0.25, 0.3) is 0 Å². The number of hydrogen-bond donors (Lipinski definition) is 2. The number of unbranched alkanes of at least 4 members (excludes halogenated alkanes) is 1. The summed E-state index contributed by atoms with van der Waals surface area (Å²) in [6.45, 7) is 6.90. The molecule has 0 radical (unpaired) electrons. The van der Waals surface area contributed by atoms with E-state index in [1.54, 1.807) is 0 Å². The van der Waals surface area contributed by atoms with Crippen LogP contribution in [0.2, 0.25) is 0 Å². The van der Waals surface area contributed by atoms with Gasteiger partial charge in [0.1, 0.15) is 0 Å². The summed E-state index contributed by atoms with van der Waals surface area (Å²) >= 11 is 1.97. The molecule has 4 heteroatoms. The fraction of sp³-hybridized carbons (Fsp3) is 0.909. The molecule has 0 aliphatic carbocycles. The van der Waals surface area contributed by atoms with Crippen LogP contribution in [0, 0.1) is 0 Å². The molecule has 0 saturated carbocycles. The van der Waals surface area contributed by atoms with Crippen LogP contribution in [-0.2, 0) is 0 Å². The van der Waals surface area contributed by atoms with Crippen LogP contribution in [0.1, 0.15) is 40.0 Å². The molecule has 0 spiro atoms. The van der Waals surface area contributed by atoms with E-state index in [1.807, 2.05) is 25.6 Å². The van der Waals surface area contributed by atoms with Gasteiger partial charge in [0.2, 0.25) is 0 Å². The summed E-state index contributed by atoms with van der Waals surface area (Å²) in [5.41, 5.74) is 0. The topological polar surface area (TPSA) is 41.1 Å². The van der Waals surface area contributed by atoms with E-state index in [9.17, 15) is 4.79 Å². The Bertz CT molecular complexity index is 163. The number of amides is 2. The summed E-state index contributed by atoms with van der Waals surface area (Å²) in [4.78, 5) is 11.2. The van der Waals surface area contributed by atoms with E-state index in [1.165, 1.54) is 18.6 Å². The van der Waals surface area contributed by atoms with Crippen LogP contribution in [0.4, 0.5) is 4.79 Å². The molecule has 2 N–H and O–H groups in total. The molecule has 0 aromatic rings. The molecule has 0 heterocycles. The minimum atomic E-state index is -0.0523. The molecule has 0 rings (SSSR count). The quantitative estimate of drug-likeness (QED) is 0.632. The number of nitrogens with one attached hydrogen (secondary N) is 2. The summed E-state index contributed by atoms with van der Waals surface area (Å²) in [7, 11) is 0. The van der Waals surface area contributed by atoms with E-state index in [0.717, 1.165) is 18.7 Å². The zero-order valence-corrected chi connectivity index (χ0v) is 11.0. The van der Waals surface area contributed by atoms with Crippen molar-refractivity contribution in [3.8, 4) is 0 Å². The first-order valence-corrected chi connectivity index (χ1v) is 6.94. The Morgan fingerprint density at radius 1 is 1.27 bits per heavy atom. The Morgan fingerprint density at radius 2 is 1.93 bits per heavy atom. The summed E-state index contributed by atoms with van der Waals surface area (Å²) in [5.74, 6) is 2.39. The Kier molecular flexibility index (Phi) is 9.89. The van der Waals surface area contributed by atoms with Crippen LogP contribution in [0.3, 0.4) is 0 Å². The third kappa shape index (κ3) is 11.5. The number of thioether (sulfide) groups is 1. The van der Waals surface area contributed by atoms with Gasteiger partial charge in [-0.25, -0.2) is 4.79 Å². The van der Waals surface area contributed by atoms with Gasteiger partial charge in [-0.3, -0.25) is 0 Å². The monoisotopic (exact) mass is 232 g/mol. The molecule has 0 aromatic heterocycles. The lowest BCUT2D eigenvalue weighted by molar-refractivity contribution is 0.238. The number of carbonyl (C=O) groups excluding carboxylic acids is 1. The molecule has 0 aromatic carbocycles. The molecule has 0 atom stereocenters. The lowest BCUT2D eigenvalue weighted by Gasteiger charge is -2.09. The maximum absolute atomic E-state index is 11.2. The van der Waals surface area contributed by atoms with Gasteiger partial charge in [0, 0.05) is 12.6 Å². The lowest BCUT2D eigenvalue weighted by atomic mass is 10.4. The average molecular weight is 232 g/mol. The molecule has 2 amide bonds. The standard InChI is InChI=1S/C11H24N2OS/c1-4-5-8-15-9-6-7-12-11(14)13-10(2)3/h10H,4-9H2,1-3H3,(H2,12,13,14). The van der Waals surface area contributed by atoms with Gasteiger partial charge in [-0.05, 0) is 38.2 Å². The third-order valence-electron chi connectivity index (χ3n) is 1.81. The molecule has 0 saturated heterocycles. The molecule has 90 valence electrons. The van der Waals surface area contributed by atoms with Crippen LogP contribution < -0.4 is 10.6 Å². The second kappa shape index (κ2) is 10.1. The summed E-state index contributed by atoms with van der Waals surface area (Å²) in [5, 5.41) is 5.64. The normalized spacial score (nSPS) is 10.4. The van der Waals surface area contributed by atoms with Crippen molar-refractivity contribution in [3.05, 3.63) is 0 Å². The highest BCUT2D eigenvalue weighted by Crippen LogP contribution is 2.05.